The van der Waals surface area contributed by atoms with Gasteiger partial charge in [-0.1, -0.05) is 50.2 Å². The Morgan fingerprint density at radius 2 is 1.75 bits per heavy atom. The fourth-order valence-electron chi connectivity index (χ4n) is 3.22. The Hall–Kier alpha value is -2.13. The highest BCUT2D eigenvalue weighted by atomic mass is 127. The van der Waals surface area contributed by atoms with E-state index in [1.807, 2.05) is 43.3 Å². The van der Waals surface area contributed by atoms with Crippen molar-refractivity contribution in [2.45, 2.75) is 39.2 Å². The van der Waals surface area contributed by atoms with Gasteiger partial charge in [-0.2, -0.15) is 0 Å². The summed E-state index contributed by atoms with van der Waals surface area (Å²) < 4.78 is 0. The highest BCUT2D eigenvalue weighted by molar-refractivity contribution is 14.0. The summed E-state index contributed by atoms with van der Waals surface area (Å²) >= 11 is 0. The Bertz CT molecular complexity index is 850. The monoisotopic (exact) mass is 551 g/mol. The van der Waals surface area contributed by atoms with Crippen molar-refractivity contribution >= 4 is 41.5 Å². The fraction of sp³-hybridized carbons (Fsp3) is 0.440. The van der Waals surface area contributed by atoms with Gasteiger partial charge in [-0.15, -0.1) is 24.0 Å². The van der Waals surface area contributed by atoms with Crippen molar-refractivity contribution < 1.29 is 4.79 Å². The first-order valence-corrected chi connectivity index (χ1v) is 10.9. The summed E-state index contributed by atoms with van der Waals surface area (Å²) in [5.74, 6) is 1.32. The summed E-state index contributed by atoms with van der Waals surface area (Å²) in [6.45, 7) is 6.28. The van der Waals surface area contributed by atoms with Crippen LogP contribution in [0.1, 0.15) is 42.9 Å². The van der Waals surface area contributed by atoms with Gasteiger partial charge in [0.05, 0.1) is 6.54 Å². The lowest BCUT2D eigenvalue weighted by atomic mass is 10.0. The van der Waals surface area contributed by atoms with Gasteiger partial charge < -0.3 is 20.9 Å². The standard InChI is InChI=1S/C25H37N5O.HI/c1-19(2)22-13-11-20(12-14-22)9-7-15-27-25(26-3)28-17-21-8-6-10-23(16-21)29-24(31)18-30(4)5;/h6,8,10-14,16,19H,7,9,15,17-18H2,1-5H3,(H,29,31)(H2,26,27,28);1H. The average Bonchev–Trinajstić information content (AvgIpc) is 2.73. The quantitative estimate of drug-likeness (QED) is 0.179. The first-order chi connectivity index (χ1) is 14.9. The van der Waals surface area contributed by atoms with Gasteiger partial charge in [-0.3, -0.25) is 9.79 Å². The van der Waals surface area contributed by atoms with Crippen molar-refractivity contribution in [1.82, 2.24) is 15.5 Å². The number of benzene rings is 2. The van der Waals surface area contributed by atoms with E-state index in [9.17, 15) is 4.79 Å². The molecule has 0 spiro atoms. The van der Waals surface area contributed by atoms with Crippen LogP contribution in [0.25, 0.3) is 0 Å². The number of aryl methyl sites for hydroxylation is 1. The van der Waals surface area contributed by atoms with E-state index < -0.39 is 0 Å². The van der Waals surface area contributed by atoms with Crippen LogP contribution in [-0.2, 0) is 17.8 Å². The van der Waals surface area contributed by atoms with Crippen molar-refractivity contribution in [3.63, 3.8) is 0 Å². The number of likely N-dealkylation sites (N-methyl/N-ethyl adjacent to an activating group) is 1. The van der Waals surface area contributed by atoms with Crippen LogP contribution in [0, 0.1) is 0 Å². The van der Waals surface area contributed by atoms with Crippen molar-refractivity contribution in [3.05, 3.63) is 65.2 Å². The molecule has 0 aliphatic rings. The first-order valence-electron chi connectivity index (χ1n) is 10.9. The number of hydrogen-bond acceptors (Lipinski definition) is 3. The number of guanidine groups is 1. The van der Waals surface area contributed by atoms with Gasteiger partial charge in [0, 0.05) is 25.8 Å². The maximum Gasteiger partial charge on any atom is 0.238 e. The number of nitrogens with one attached hydrogen (secondary N) is 3. The number of anilines is 1. The van der Waals surface area contributed by atoms with Crippen molar-refractivity contribution in [2.24, 2.45) is 4.99 Å². The van der Waals surface area contributed by atoms with Gasteiger partial charge >= 0.3 is 0 Å². The smallest absolute Gasteiger partial charge is 0.238 e. The van der Waals surface area contributed by atoms with E-state index in [1.165, 1.54) is 11.1 Å². The first kappa shape index (κ1) is 27.9. The van der Waals surface area contributed by atoms with Crippen molar-refractivity contribution in [3.8, 4) is 0 Å². The van der Waals surface area contributed by atoms with Crippen LogP contribution in [0.15, 0.2) is 53.5 Å². The zero-order valence-corrected chi connectivity index (χ0v) is 22.3. The van der Waals surface area contributed by atoms with Crippen LogP contribution >= 0.6 is 24.0 Å². The number of rotatable bonds is 10. The molecule has 0 bridgehead atoms. The van der Waals surface area contributed by atoms with Gasteiger partial charge in [0.2, 0.25) is 5.91 Å². The Balaban J connectivity index is 0.00000512. The lowest BCUT2D eigenvalue weighted by Gasteiger charge is -2.13. The molecule has 32 heavy (non-hydrogen) atoms. The second-order valence-corrected chi connectivity index (χ2v) is 8.34. The van der Waals surface area contributed by atoms with E-state index in [1.54, 1.807) is 7.05 Å². The van der Waals surface area contributed by atoms with E-state index in [2.05, 4.69) is 59.1 Å². The number of aliphatic imine (C=N–C) groups is 1. The third-order valence-corrected chi connectivity index (χ3v) is 4.94. The molecule has 0 aliphatic carbocycles. The summed E-state index contributed by atoms with van der Waals surface area (Å²) in [5, 5.41) is 9.63. The molecule has 3 N–H and O–H groups in total. The Kier molecular flexibility index (Phi) is 12.9. The van der Waals surface area contributed by atoms with Gasteiger partial charge in [0.1, 0.15) is 0 Å². The largest absolute Gasteiger partial charge is 0.356 e. The Labute approximate surface area is 210 Å². The summed E-state index contributed by atoms with van der Waals surface area (Å²) in [6.07, 6.45) is 2.08. The maximum absolute atomic E-state index is 11.9. The molecule has 0 aliphatic heterocycles. The molecular weight excluding hydrogens is 513 g/mol. The SMILES string of the molecule is CN=C(NCCCc1ccc(C(C)C)cc1)NCc1cccc(NC(=O)CN(C)C)c1.I. The summed E-state index contributed by atoms with van der Waals surface area (Å²) in [4.78, 5) is 18.1. The van der Waals surface area contributed by atoms with Crippen molar-refractivity contribution in [1.29, 1.82) is 0 Å². The zero-order chi connectivity index (χ0) is 22.6. The molecule has 0 heterocycles. The molecule has 2 aromatic carbocycles. The number of nitrogens with zero attached hydrogens (tertiary/aromatic N) is 2. The molecule has 6 nitrogen and oxygen atoms in total. The normalized spacial score (nSPS) is 11.3. The summed E-state index contributed by atoms with van der Waals surface area (Å²) in [6, 6.07) is 16.8. The summed E-state index contributed by atoms with van der Waals surface area (Å²) in [5.41, 5.74) is 4.63. The van der Waals surface area contributed by atoms with E-state index in [0.29, 0.717) is 19.0 Å². The zero-order valence-electron chi connectivity index (χ0n) is 19.9. The van der Waals surface area contributed by atoms with Crippen LogP contribution in [0.5, 0.6) is 0 Å². The predicted octanol–water partition coefficient (Wildman–Crippen LogP) is 4.23. The molecule has 0 atom stereocenters. The van der Waals surface area contributed by atoms with Gasteiger partial charge in [0.25, 0.3) is 0 Å². The van der Waals surface area contributed by atoms with Crippen molar-refractivity contribution in [2.75, 3.05) is 39.5 Å². The van der Waals surface area contributed by atoms with Crippen LogP contribution in [0.3, 0.4) is 0 Å². The van der Waals surface area contributed by atoms with Crippen LogP contribution in [-0.4, -0.2) is 51.0 Å². The average molecular weight is 552 g/mol. The minimum Gasteiger partial charge on any atom is -0.356 e. The molecule has 0 saturated heterocycles. The number of halogens is 1. The number of amides is 1. The van der Waals surface area contributed by atoms with Gasteiger partial charge in [-0.25, -0.2) is 0 Å². The maximum atomic E-state index is 11.9. The number of hydrogen-bond donors (Lipinski definition) is 3. The van der Waals surface area contributed by atoms with Crippen LogP contribution < -0.4 is 16.0 Å². The molecule has 7 heteroatoms. The van der Waals surface area contributed by atoms with Gasteiger partial charge in [-0.05, 0) is 61.7 Å². The second-order valence-electron chi connectivity index (χ2n) is 8.34. The van der Waals surface area contributed by atoms with Gasteiger partial charge in [0.15, 0.2) is 5.96 Å². The molecular formula is C25H38IN5O. The number of carbonyl (C=O) groups is 1. The molecule has 0 fully saturated rings. The Morgan fingerprint density at radius 1 is 1.03 bits per heavy atom. The van der Waals surface area contributed by atoms with E-state index in [4.69, 9.17) is 0 Å². The highest BCUT2D eigenvalue weighted by Gasteiger charge is 2.05. The third kappa shape index (κ3) is 10.5. The minimum absolute atomic E-state index is 0. The second kappa shape index (κ2) is 14.8. The van der Waals surface area contributed by atoms with Crippen LogP contribution in [0.4, 0.5) is 5.69 Å². The molecule has 0 saturated carbocycles. The lowest BCUT2D eigenvalue weighted by Crippen LogP contribution is -2.37. The topological polar surface area (TPSA) is 68.8 Å². The highest BCUT2D eigenvalue weighted by Crippen LogP contribution is 2.15. The Morgan fingerprint density at radius 3 is 2.38 bits per heavy atom. The van der Waals surface area contributed by atoms with E-state index >= 15 is 0 Å². The molecule has 0 unspecified atom stereocenters. The fourth-order valence-corrected chi connectivity index (χ4v) is 3.22. The third-order valence-electron chi connectivity index (χ3n) is 4.94. The predicted molar refractivity (Wildman–Crippen MR) is 146 cm³/mol. The molecule has 2 rings (SSSR count). The molecule has 2 aromatic rings. The molecule has 1 amide bonds. The molecule has 0 aromatic heterocycles. The summed E-state index contributed by atoms with van der Waals surface area (Å²) in [7, 11) is 5.53. The van der Waals surface area contributed by atoms with E-state index in [0.717, 1.165) is 36.6 Å². The van der Waals surface area contributed by atoms with Crippen LogP contribution in [0.2, 0.25) is 0 Å². The van der Waals surface area contributed by atoms with E-state index in [-0.39, 0.29) is 29.9 Å². The minimum atomic E-state index is -0.0218. The molecule has 176 valence electrons. The number of carbonyl (C=O) groups excluding carboxylic acids is 1. The lowest BCUT2D eigenvalue weighted by molar-refractivity contribution is -0.116. The molecule has 0 radical (unpaired) electrons.